The van der Waals surface area contributed by atoms with Gasteiger partial charge < -0.3 is 9.47 Å². The number of benzene rings is 2. The topological polar surface area (TPSA) is 56.6 Å². The summed E-state index contributed by atoms with van der Waals surface area (Å²) >= 11 is 12.6. The zero-order valence-electron chi connectivity index (χ0n) is 15.9. The molecule has 0 saturated carbocycles. The third kappa shape index (κ3) is 3.36. The molecule has 2 aliphatic heterocycles. The van der Waals surface area contributed by atoms with Crippen molar-refractivity contribution < 1.29 is 13.9 Å². The zero-order chi connectivity index (χ0) is 20.8. The van der Waals surface area contributed by atoms with Crippen LogP contribution >= 0.6 is 23.2 Å². The summed E-state index contributed by atoms with van der Waals surface area (Å²) in [4.78, 5) is 19.0. The summed E-state index contributed by atoms with van der Waals surface area (Å²) in [6, 6.07) is 5.72. The van der Waals surface area contributed by atoms with E-state index in [0.717, 1.165) is 13.1 Å². The molecule has 0 N–H and O–H groups in total. The summed E-state index contributed by atoms with van der Waals surface area (Å²) in [6.45, 7) is 3.79. The van der Waals surface area contributed by atoms with Crippen LogP contribution in [0.25, 0.3) is 22.0 Å². The number of aromatic nitrogens is 2. The lowest BCUT2D eigenvalue weighted by molar-refractivity contribution is 0.0270. The second-order valence-electron chi connectivity index (χ2n) is 7.41. The second-order valence-corrected chi connectivity index (χ2v) is 8.26. The Morgan fingerprint density at radius 1 is 1.20 bits per heavy atom. The molecule has 5 rings (SSSR count). The average Bonchev–Trinajstić information content (AvgIpc) is 2.74. The smallest absolute Gasteiger partial charge is 0.348 e. The molecule has 1 atom stereocenters. The molecule has 30 heavy (non-hydrogen) atoms. The lowest BCUT2D eigenvalue weighted by Crippen LogP contribution is -2.44. The maximum Gasteiger partial charge on any atom is 0.348 e. The summed E-state index contributed by atoms with van der Waals surface area (Å²) in [5.41, 5.74) is 0.809. The summed E-state index contributed by atoms with van der Waals surface area (Å²) in [5, 5.41) is 1.34. The Hall–Kier alpha value is -2.19. The number of halogens is 3. The monoisotopic (exact) mass is 449 g/mol. The number of morpholine rings is 1. The molecule has 1 aromatic heterocycles. The highest BCUT2D eigenvalue weighted by molar-refractivity contribution is 6.35. The molecule has 0 spiro atoms. The summed E-state index contributed by atoms with van der Waals surface area (Å²) < 4.78 is 27.8. The highest BCUT2D eigenvalue weighted by Crippen LogP contribution is 2.45. The van der Waals surface area contributed by atoms with E-state index < -0.39 is 5.82 Å². The Morgan fingerprint density at radius 3 is 2.80 bits per heavy atom. The second kappa shape index (κ2) is 7.81. The fourth-order valence-corrected chi connectivity index (χ4v) is 4.63. The van der Waals surface area contributed by atoms with Gasteiger partial charge in [0.2, 0.25) is 0 Å². The molecule has 6 nitrogen and oxygen atoms in total. The van der Waals surface area contributed by atoms with E-state index in [1.807, 2.05) is 0 Å². The number of ether oxygens (including phenoxy) is 2. The average molecular weight is 450 g/mol. The van der Waals surface area contributed by atoms with Crippen molar-refractivity contribution in [1.82, 2.24) is 14.5 Å². The van der Waals surface area contributed by atoms with Crippen LogP contribution in [0.1, 0.15) is 6.04 Å². The first kappa shape index (κ1) is 19.8. The van der Waals surface area contributed by atoms with Crippen molar-refractivity contribution in [3.05, 3.63) is 56.8 Å². The molecular weight excluding hydrogens is 432 g/mol. The normalized spacial score (nSPS) is 19.1. The van der Waals surface area contributed by atoms with Crippen LogP contribution in [0.5, 0.6) is 5.75 Å². The number of nitrogens with zero attached hydrogens (tertiary/aromatic N) is 3. The molecule has 1 saturated heterocycles. The van der Waals surface area contributed by atoms with E-state index >= 15 is 0 Å². The lowest BCUT2D eigenvalue weighted by Gasteiger charge is -2.34. The molecule has 1 fully saturated rings. The fourth-order valence-electron chi connectivity index (χ4n) is 4.15. The fraction of sp³-hybridized carbons (Fsp3) is 0.333. The minimum Gasteiger partial charge on any atom is -0.488 e. The largest absolute Gasteiger partial charge is 0.488 e. The van der Waals surface area contributed by atoms with Crippen LogP contribution in [0.15, 0.2) is 35.3 Å². The van der Waals surface area contributed by atoms with Crippen LogP contribution in [-0.4, -0.2) is 53.9 Å². The standard InChI is InChI=1S/C21H18Cl2FN3O3/c22-13-1-2-17(24)15(8-13)18-16(23)7-12-9-25-21(28)27-14(11-30-20(18)19(12)27)10-26-3-5-29-6-4-26/h1-2,7-9,14H,3-6,10-11H2. The Labute approximate surface area is 181 Å². The van der Waals surface area contributed by atoms with Crippen molar-refractivity contribution in [1.29, 1.82) is 0 Å². The van der Waals surface area contributed by atoms with Crippen LogP contribution in [0.3, 0.4) is 0 Å². The zero-order valence-corrected chi connectivity index (χ0v) is 17.4. The highest BCUT2D eigenvalue weighted by Gasteiger charge is 2.30. The van der Waals surface area contributed by atoms with Gasteiger partial charge >= 0.3 is 5.69 Å². The van der Waals surface area contributed by atoms with Gasteiger partial charge in [-0.2, -0.15) is 0 Å². The quantitative estimate of drug-likeness (QED) is 0.608. The van der Waals surface area contributed by atoms with E-state index in [1.165, 1.54) is 24.4 Å². The summed E-state index contributed by atoms with van der Waals surface area (Å²) in [5.74, 6) is -0.102. The van der Waals surface area contributed by atoms with Crippen LogP contribution < -0.4 is 10.4 Å². The van der Waals surface area contributed by atoms with Gasteiger partial charge in [0, 0.05) is 47.4 Å². The Kier molecular flexibility index (Phi) is 5.14. The van der Waals surface area contributed by atoms with Crippen LogP contribution in [-0.2, 0) is 4.74 Å². The first-order chi connectivity index (χ1) is 14.5. The third-order valence-corrected chi connectivity index (χ3v) is 6.09. The van der Waals surface area contributed by atoms with Crippen LogP contribution in [0.4, 0.5) is 4.39 Å². The minimum absolute atomic E-state index is 0.225. The number of hydrogen-bond acceptors (Lipinski definition) is 5. The third-order valence-electron chi connectivity index (χ3n) is 5.55. The molecule has 9 heteroatoms. The predicted octanol–water partition coefficient (Wildman–Crippen LogP) is 3.78. The predicted molar refractivity (Wildman–Crippen MR) is 113 cm³/mol. The van der Waals surface area contributed by atoms with E-state index in [-0.39, 0.29) is 23.9 Å². The van der Waals surface area contributed by atoms with E-state index in [0.29, 0.717) is 52.0 Å². The van der Waals surface area contributed by atoms with Crippen molar-refractivity contribution in [2.24, 2.45) is 0 Å². The summed E-state index contributed by atoms with van der Waals surface area (Å²) in [7, 11) is 0. The molecule has 2 aromatic carbocycles. The van der Waals surface area contributed by atoms with Gasteiger partial charge in [0.05, 0.1) is 29.8 Å². The molecule has 156 valence electrons. The van der Waals surface area contributed by atoms with Gasteiger partial charge in [0.25, 0.3) is 0 Å². The molecule has 0 amide bonds. The van der Waals surface area contributed by atoms with Crippen molar-refractivity contribution in [2.45, 2.75) is 6.04 Å². The van der Waals surface area contributed by atoms with Gasteiger partial charge in [-0.15, -0.1) is 0 Å². The Balaban J connectivity index is 1.70. The molecule has 0 bridgehead atoms. The van der Waals surface area contributed by atoms with E-state index in [4.69, 9.17) is 32.7 Å². The van der Waals surface area contributed by atoms with Crippen molar-refractivity contribution >= 4 is 34.1 Å². The molecule has 2 aliphatic rings. The van der Waals surface area contributed by atoms with Crippen molar-refractivity contribution in [3.63, 3.8) is 0 Å². The van der Waals surface area contributed by atoms with Crippen molar-refractivity contribution in [3.8, 4) is 16.9 Å². The van der Waals surface area contributed by atoms with Crippen LogP contribution in [0, 0.1) is 5.82 Å². The first-order valence-electron chi connectivity index (χ1n) is 9.65. The minimum atomic E-state index is -0.473. The van der Waals surface area contributed by atoms with E-state index in [9.17, 15) is 9.18 Å². The van der Waals surface area contributed by atoms with Crippen LogP contribution in [0.2, 0.25) is 10.0 Å². The maximum atomic E-state index is 14.7. The van der Waals surface area contributed by atoms with Gasteiger partial charge in [-0.1, -0.05) is 23.2 Å². The molecule has 3 heterocycles. The molecular formula is C21H18Cl2FN3O3. The number of hydrogen-bond donors (Lipinski definition) is 0. The van der Waals surface area contributed by atoms with Gasteiger partial charge in [0.15, 0.2) is 5.75 Å². The highest BCUT2D eigenvalue weighted by atomic mass is 35.5. The van der Waals surface area contributed by atoms with E-state index in [2.05, 4.69) is 9.88 Å². The van der Waals surface area contributed by atoms with Gasteiger partial charge in [0.1, 0.15) is 12.4 Å². The molecule has 3 aromatic rings. The maximum absolute atomic E-state index is 14.7. The Morgan fingerprint density at radius 2 is 2.00 bits per heavy atom. The number of rotatable bonds is 3. The lowest BCUT2D eigenvalue weighted by atomic mass is 10.00. The SMILES string of the molecule is O=c1ncc2cc(Cl)c(-c3cc(Cl)ccc3F)c3c2n1C(CN1CCOCC1)CO3. The van der Waals surface area contributed by atoms with Gasteiger partial charge in [-0.25, -0.2) is 14.2 Å². The Bertz CT molecular complexity index is 1190. The van der Waals surface area contributed by atoms with E-state index in [1.54, 1.807) is 10.6 Å². The molecule has 1 unspecified atom stereocenters. The molecule has 0 aliphatic carbocycles. The first-order valence-corrected chi connectivity index (χ1v) is 10.4. The van der Waals surface area contributed by atoms with Crippen molar-refractivity contribution in [2.75, 3.05) is 39.5 Å². The van der Waals surface area contributed by atoms with Gasteiger partial charge in [-0.3, -0.25) is 9.47 Å². The summed E-state index contributed by atoms with van der Waals surface area (Å²) in [6.07, 6.45) is 1.47. The molecule has 0 radical (unpaired) electrons. The van der Waals surface area contributed by atoms with Gasteiger partial charge in [-0.05, 0) is 24.3 Å².